The van der Waals surface area contributed by atoms with Gasteiger partial charge in [-0.15, -0.1) is 0 Å². The summed E-state index contributed by atoms with van der Waals surface area (Å²) in [4.78, 5) is 13.1. The van der Waals surface area contributed by atoms with Crippen LogP contribution >= 0.6 is 11.6 Å². The number of hydrogen-bond acceptors (Lipinski definition) is 3. The number of nitrogens with one attached hydrogen (secondary N) is 1. The van der Waals surface area contributed by atoms with Crippen LogP contribution in [0.25, 0.3) is 0 Å². The van der Waals surface area contributed by atoms with Crippen molar-refractivity contribution >= 4 is 27.5 Å². The minimum Gasteiger partial charge on any atom is -0.351 e. The highest BCUT2D eigenvalue weighted by atomic mass is 35.5. The molecule has 0 unspecified atom stereocenters. The molecule has 0 aliphatic carbocycles. The number of carbonyl (C=O) groups excluding carboxylic acids is 1. The van der Waals surface area contributed by atoms with Gasteiger partial charge in [-0.1, -0.05) is 72.3 Å². The lowest BCUT2D eigenvalue weighted by molar-refractivity contribution is 0.0952. The summed E-state index contributed by atoms with van der Waals surface area (Å²) in [5, 5.41) is 3.17. The third-order valence-corrected chi connectivity index (χ3v) is 7.98. The van der Waals surface area contributed by atoms with Crippen LogP contribution < -0.4 is 5.32 Å². The van der Waals surface area contributed by atoms with Crippen LogP contribution in [0.3, 0.4) is 0 Å². The molecule has 0 aromatic heterocycles. The molecule has 0 atom stereocenters. The van der Waals surface area contributed by atoms with Gasteiger partial charge in [-0.3, -0.25) is 4.79 Å². The third kappa shape index (κ3) is 4.88. The lowest BCUT2D eigenvalue weighted by Crippen LogP contribution is -2.30. The first kappa shape index (κ1) is 22.5. The highest BCUT2D eigenvalue weighted by Gasteiger charge is 2.28. The van der Waals surface area contributed by atoms with Gasteiger partial charge in [0, 0.05) is 25.6 Å². The number of carbonyl (C=O) groups is 1. The second-order valence-corrected chi connectivity index (χ2v) is 10.2. The van der Waals surface area contributed by atoms with Crippen LogP contribution in [0.2, 0.25) is 5.02 Å². The average Bonchev–Trinajstić information content (AvgIpc) is 3.37. The summed E-state index contributed by atoms with van der Waals surface area (Å²) >= 11 is 6.28. The van der Waals surface area contributed by atoms with Crippen LogP contribution in [0.1, 0.15) is 40.2 Å². The van der Waals surface area contributed by atoms with Gasteiger partial charge in [0.2, 0.25) is 10.0 Å². The molecule has 0 bridgehead atoms. The second-order valence-electron chi connectivity index (χ2n) is 7.84. The number of nitrogens with zero attached hydrogens (tertiary/aromatic N) is 1. The molecule has 1 amide bonds. The zero-order valence-corrected chi connectivity index (χ0v) is 19.1. The maximum atomic E-state index is 13.0. The molecule has 1 aliphatic rings. The molecule has 1 fully saturated rings. The number of benzene rings is 3. The highest BCUT2D eigenvalue weighted by molar-refractivity contribution is 7.89. The molecule has 1 heterocycles. The van der Waals surface area contributed by atoms with Crippen LogP contribution in [0, 0.1) is 0 Å². The van der Waals surface area contributed by atoms with Crippen LogP contribution in [0.4, 0.5) is 0 Å². The topological polar surface area (TPSA) is 66.5 Å². The molecule has 4 rings (SSSR count). The van der Waals surface area contributed by atoms with Gasteiger partial charge in [0.25, 0.3) is 5.91 Å². The van der Waals surface area contributed by atoms with Gasteiger partial charge < -0.3 is 5.32 Å². The van der Waals surface area contributed by atoms with E-state index in [-0.39, 0.29) is 21.4 Å². The first-order valence-corrected chi connectivity index (χ1v) is 12.5. The smallest absolute Gasteiger partial charge is 0.252 e. The fourth-order valence-electron chi connectivity index (χ4n) is 4.01. The van der Waals surface area contributed by atoms with Crippen molar-refractivity contribution in [3.63, 3.8) is 0 Å². The number of halogens is 1. The van der Waals surface area contributed by atoms with Crippen molar-refractivity contribution in [1.29, 1.82) is 0 Å². The molecular weight excluding hydrogens is 444 g/mol. The average molecular weight is 469 g/mol. The Labute approximate surface area is 194 Å². The Balaban J connectivity index is 1.56. The Morgan fingerprint density at radius 2 is 1.47 bits per heavy atom. The van der Waals surface area contributed by atoms with Gasteiger partial charge in [-0.25, -0.2) is 8.42 Å². The van der Waals surface area contributed by atoms with E-state index in [1.165, 1.54) is 22.5 Å². The van der Waals surface area contributed by atoms with Crippen LogP contribution in [0.15, 0.2) is 83.8 Å². The Morgan fingerprint density at radius 1 is 0.906 bits per heavy atom. The molecule has 5 nitrogen and oxygen atoms in total. The Hall–Kier alpha value is -2.67. The highest BCUT2D eigenvalue weighted by Crippen LogP contribution is 2.27. The molecule has 3 aromatic rings. The zero-order chi connectivity index (χ0) is 22.6. The van der Waals surface area contributed by atoms with Gasteiger partial charge in [0.15, 0.2) is 0 Å². The number of hydrogen-bond donors (Lipinski definition) is 1. The van der Waals surface area contributed by atoms with Gasteiger partial charge in [0.05, 0.1) is 15.5 Å². The molecule has 7 heteroatoms. The molecule has 0 spiro atoms. The zero-order valence-electron chi connectivity index (χ0n) is 17.6. The summed E-state index contributed by atoms with van der Waals surface area (Å²) in [7, 11) is -3.63. The van der Waals surface area contributed by atoms with Crippen molar-refractivity contribution in [2.24, 2.45) is 0 Å². The predicted octanol–water partition coefficient (Wildman–Crippen LogP) is 4.69. The van der Waals surface area contributed by atoms with Crippen LogP contribution in [-0.4, -0.2) is 38.3 Å². The van der Waals surface area contributed by atoms with Crippen molar-refractivity contribution in [1.82, 2.24) is 9.62 Å². The SMILES string of the molecule is O=C(NCC(c1ccccc1)c1ccccc1)c1cc(S(=O)(=O)N2CCCC2)ccc1Cl. The van der Waals surface area contributed by atoms with E-state index in [0.29, 0.717) is 19.6 Å². The van der Waals surface area contributed by atoms with Crippen molar-refractivity contribution in [2.45, 2.75) is 23.7 Å². The minimum atomic E-state index is -3.63. The fraction of sp³-hybridized carbons (Fsp3) is 0.240. The maximum Gasteiger partial charge on any atom is 0.252 e. The van der Waals surface area contributed by atoms with Gasteiger partial charge in [-0.2, -0.15) is 4.31 Å². The quantitative estimate of drug-likeness (QED) is 0.547. The Morgan fingerprint density at radius 3 is 2.03 bits per heavy atom. The van der Waals surface area contributed by atoms with Crippen molar-refractivity contribution in [3.05, 3.63) is 101 Å². The third-order valence-electron chi connectivity index (χ3n) is 5.76. The Bertz CT molecular complexity index is 1140. The van der Waals surface area contributed by atoms with E-state index in [4.69, 9.17) is 11.6 Å². The first-order valence-electron chi connectivity index (χ1n) is 10.6. The van der Waals surface area contributed by atoms with Gasteiger partial charge in [0.1, 0.15) is 0 Å². The molecule has 1 saturated heterocycles. The number of rotatable bonds is 7. The van der Waals surface area contributed by atoms with Crippen LogP contribution in [-0.2, 0) is 10.0 Å². The fourth-order valence-corrected chi connectivity index (χ4v) is 5.75. The standard InChI is InChI=1S/C25H25ClN2O3S/c26-24-14-13-21(32(30,31)28-15-7-8-16-28)17-22(24)25(29)27-18-23(19-9-3-1-4-10-19)20-11-5-2-6-12-20/h1-6,9-14,17,23H,7-8,15-16,18H2,(H,27,29). The molecule has 0 saturated carbocycles. The molecule has 1 N–H and O–H groups in total. The van der Waals surface area contributed by atoms with E-state index in [0.717, 1.165) is 24.0 Å². The van der Waals surface area contributed by atoms with Crippen molar-refractivity contribution in [2.75, 3.05) is 19.6 Å². The Kier molecular flexibility index (Phi) is 6.94. The molecule has 1 aliphatic heterocycles. The molecule has 0 radical (unpaired) electrons. The summed E-state index contributed by atoms with van der Waals surface area (Å²) in [5.74, 6) is -0.443. The number of amides is 1. The monoisotopic (exact) mass is 468 g/mol. The van der Waals surface area contributed by atoms with Crippen molar-refractivity contribution in [3.8, 4) is 0 Å². The summed E-state index contributed by atoms with van der Waals surface area (Å²) in [5.41, 5.74) is 2.32. The van der Waals surface area contributed by atoms with Crippen molar-refractivity contribution < 1.29 is 13.2 Å². The van der Waals surface area contributed by atoms with Gasteiger partial charge in [-0.05, 0) is 42.2 Å². The van der Waals surface area contributed by atoms with Gasteiger partial charge >= 0.3 is 0 Å². The lowest BCUT2D eigenvalue weighted by Gasteiger charge is -2.20. The minimum absolute atomic E-state index is 0.0448. The second kappa shape index (κ2) is 9.86. The first-order chi connectivity index (χ1) is 15.5. The molecular formula is C25H25ClN2O3S. The van der Waals surface area contributed by atoms with E-state index in [2.05, 4.69) is 5.32 Å². The molecule has 166 valence electrons. The predicted molar refractivity (Wildman–Crippen MR) is 127 cm³/mol. The summed E-state index contributed by atoms with van der Waals surface area (Å²) in [6, 6.07) is 24.2. The van der Waals surface area contributed by atoms with E-state index in [9.17, 15) is 13.2 Å². The lowest BCUT2D eigenvalue weighted by atomic mass is 9.91. The van der Waals surface area contributed by atoms with Crippen LogP contribution in [0.5, 0.6) is 0 Å². The summed E-state index contributed by atoms with van der Waals surface area (Å²) < 4.78 is 27.3. The van der Waals surface area contributed by atoms with E-state index >= 15 is 0 Å². The van der Waals surface area contributed by atoms with E-state index in [1.54, 1.807) is 0 Å². The maximum absolute atomic E-state index is 13.0. The largest absolute Gasteiger partial charge is 0.351 e. The number of sulfonamides is 1. The molecule has 32 heavy (non-hydrogen) atoms. The van der Waals surface area contributed by atoms with E-state index < -0.39 is 15.9 Å². The normalized spacial score (nSPS) is 14.6. The summed E-state index contributed by atoms with van der Waals surface area (Å²) in [6.45, 7) is 1.36. The summed E-state index contributed by atoms with van der Waals surface area (Å²) in [6.07, 6.45) is 1.70. The van der Waals surface area contributed by atoms with E-state index in [1.807, 2.05) is 60.7 Å². The molecule has 3 aromatic carbocycles.